The van der Waals surface area contributed by atoms with E-state index in [0.717, 1.165) is 11.5 Å². The lowest BCUT2D eigenvalue weighted by atomic mass is 10.4. The van der Waals surface area contributed by atoms with E-state index in [1.54, 1.807) is 18.9 Å². The second-order valence-corrected chi connectivity index (χ2v) is 4.33. The van der Waals surface area contributed by atoms with Crippen molar-refractivity contribution < 1.29 is 9.53 Å². The lowest BCUT2D eigenvalue weighted by molar-refractivity contribution is -0.144. The Bertz CT molecular complexity index is 331. The molecule has 0 bridgehead atoms. The van der Waals surface area contributed by atoms with Gasteiger partial charge in [-0.25, -0.2) is 0 Å². The second-order valence-electron chi connectivity index (χ2n) is 2.97. The number of carbonyl (C=O) groups is 1. The van der Waals surface area contributed by atoms with Gasteiger partial charge in [0.25, 0.3) is 0 Å². The van der Waals surface area contributed by atoms with Crippen LogP contribution in [0.3, 0.4) is 0 Å². The molecule has 0 aliphatic rings. The van der Waals surface area contributed by atoms with Gasteiger partial charge in [-0.2, -0.15) is 0 Å². The van der Waals surface area contributed by atoms with E-state index in [4.69, 9.17) is 16.3 Å². The summed E-state index contributed by atoms with van der Waals surface area (Å²) in [5, 5.41) is 3.85. The maximum Gasteiger partial charge on any atom is 0.320 e. The van der Waals surface area contributed by atoms with Crippen molar-refractivity contribution in [1.29, 1.82) is 0 Å². The lowest BCUT2D eigenvalue weighted by Crippen LogP contribution is -2.27. The molecular weight excluding hydrogens is 238 g/mol. The number of esters is 1. The molecule has 0 saturated carbocycles. The molecule has 1 aromatic heterocycles. The zero-order valence-corrected chi connectivity index (χ0v) is 10.1. The average molecular weight is 250 g/mol. The molecular formula is C8H12ClN3O2S. The van der Waals surface area contributed by atoms with Crippen molar-refractivity contribution in [2.45, 2.75) is 13.5 Å². The van der Waals surface area contributed by atoms with Crippen LogP contribution in [0.2, 0.25) is 4.34 Å². The predicted octanol–water partition coefficient (Wildman–Crippen LogP) is 1.19. The molecule has 1 rings (SSSR count). The normalized spacial score (nSPS) is 10.7. The van der Waals surface area contributed by atoms with Crippen molar-refractivity contribution in [2.75, 3.05) is 20.2 Å². The number of likely N-dealkylation sites (N-methyl/N-ethyl adjacent to an activating group) is 1. The van der Waals surface area contributed by atoms with Gasteiger partial charge in [0.1, 0.15) is 10.0 Å². The molecule has 0 aromatic carbocycles. The molecule has 0 saturated heterocycles. The van der Waals surface area contributed by atoms with E-state index in [-0.39, 0.29) is 12.5 Å². The zero-order valence-electron chi connectivity index (χ0n) is 8.57. The first-order chi connectivity index (χ1) is 7.13. The van der Waals surface area contributed by atoms with Crippen molar-refractivity contribution in [3.8, 4) is 0 Å². The summed E-state index contributed by atoms with van der Waals surface area (Å²) in [6.45, 7) is 2.89. The first-order valence-corrected chi connectivity index (χ1v) is 5.59. The number of carbonyl (C=O) groups excluding carboxylic acids is 1. The molecule has 0 N–H and O–H groups in total. The minimum absolute atomic E-state index is 0.224. The fraction of sp³-hybridized carbons (Fsp3) is 0.625. The van der Waals surface area contributed by atoms with Crippen LogP contribution in [0.5, 0.6) is 0 Å². The number of halogens is 1. The fourth-order valence-corrected chi connectivity index (χ4v) is 1.64. The van der Waals surface area contributed by atoms with E-state index < -0.39 is 0 Å². The summed E-state index contributed by atoms with van der Waals surface area (Å²) in [6, 6.07) is 0. The van der Waals surface area contributed by atoms with Crippen LogP contribution in [0.4, 0.5) is 0 Å². The zero-order chi connectivity index (χ0) is 11.3. The van der Waals surface area contributed by atoms with Crippen LogP contribution < -0.4 is 0 Å². The Balaban J connectivity index is 2.39. The van der Waals surface area contributed by atoms with Crippen LogP contribution in [0.1, 0.15) is 12.6 Å². The standard InChI is InChI=1S/C8H12ClN3O2S/c1-3-14-7(13)5-12(2)4-6-8(9)15-11-10-6/h3-5H2,1-2H3. The topological polar surface area (TPSA) is 55.3 Å². The highest BCUT2D eigenvalue weighted by Crippen LogP contribution is 2.18. The van der Waals surface area contributed by atoms with Crippen molar-refractivity contribution in [2.24, 2.45) is 0 Å². The molecule has 7 heteroatoms. The second kappa shape index (κ2) is 5.99. The third kappa shape index (κ3) is 4.11. The van der Waals surface area contributed by atoms with E-state index in [2.05, 4.69) is 9.59 Å². The molecule has 0 spiro atoms. The Labute approximate surface area is 97.1 Å². The average Bonchev–Trinajstić information content (AvgIpc) is 2.52. The van der Waals surface area contributed by atoms with Gasteiger partial charge in [0.2, 0.25) is 0 Å². The molecule has 0 aliphatic heterocycles. The maximum atomic E-state index is 11.1. The van der Waals surface area contributed by atoms with Gasteiger partial charge in [0.05, 0.1) is 13.2 Å². The first-order valence-electron chi connectivity index (χ1n) is 4.44. The number of hydrogen-bond donors (Lipinski definition) is 0. The maximum absolute atomic E-state index is 11.1. The van der Waals surface area contributed by atoms with Gasteiger partial charge in [-0.1, -0.05) is 16.1 Å². The number of aromatic nitrogens is 2. The number of rotatable bonds is 5. The smallest absolute Gasteiger partial charge is 0.320 e. The Morgan fingerprint density at radius 1 is 1.67 bits per heavy atom. The molecule has 5 nitrogen and oxygen atoms in total. The molecule has 0 amide bonds. The molecule has 15 heavy (non-hydrogen) atoms. The van der Waals surface area contributed by atoms with Crippen molar-refractivity contribution in [3.05, 3.63) is 10.0 Å². The van der Waals surface area contributed by atoms with Crippen LogP contribution >= 0.6 is 23.1 Å². The summed E-state index contributed by atoms with van der Waals surface area (Å²) in [7, 11) is 1.80. The summed E-state index contributed by atoms with van der Waals surface area (Å²) < 4.78 is 9.08. The Kier molecular flexibility index (Phi) is 4.93. The Hall–Kier alpha value is -0.720. The van der Waals surface area contributed by atoms with Gasteiger partial charge in [0, 0.05) is 18.1 Å². The van der Waals surface area contributed by atoms with E-state index in [0.29, 0.717) is 23.2 Å². The number of nitrogens with zero attached hydrogens (tertiary/aromatic N) is 3. The van der Waals surface area contributed by atoms with Crippen molar-refractivity contribution in [3.63, 3.8) is 0 Å². The summed E-state index contributed by atoms with van der Waals surface area (Å²) in [6.07, 6.45) is 0. The molecule has 0 fully saturated rings. The highest BCUT2D eigenvalue weighted by Gasteiger charge is 2.11. The van der Waals surface area contributed by atoms with Crippen LogP contribution in [0.25, 0.3) is 0 Å². The summed E-state index contributed by atoms with van der Waals surface area (Å²) in [5.41, 5.74) is 0.688. The Morgan fingerprint density at radius 3 is 2.93 bits per heavy atom. The fourth-order valence-electron chi connectivity index (χ4n) is 1.03. The van der Waals surface area contributed by atoms with E-state index >= 15 is 0 Å². The minimum Gasteiger partial charge on any atom is -0.465 e. The van der Waals surface area contributed by atoms with Gasteiger partial charge < -0.3 is 4.74 Å². The highest BCUT2D eigenvalue weighted by atomic mass is 35.5. The summed E-state index contributed by atoms with van der Waals surface area (Å²) in [5.74, 6) is -0.251. The van der Waals surface area contributed by atoms with Gasteiger partial charge in [-0.15, -0.1) is 5.10 Å². The molecule has 84 valence electrons. The van der Waals surface area contributed by atoms with Gasteiger partial charge in [0.15, 0.2) is 0 Å². The Morgan fingerprint density at radius 2 is 2.40 bits per heavy atom. The molecule has 0 atom stereocenters. The third-order valence-corrected chi connectivity index (χ3v) is 2.62. The third-order valence-electron chi connectivity index (χ3n) is 1.63. The largest absolute Gasteiger partial charge is 0.465 e. The van der Waals surface area contributed by atoms with E-state index in [9.17, 15) is 4.79 Å². The SMILES string of the molecule is CCOC(=O)CN(C)Cc1nnsc1Cl. The van der Waals surface area contributed by atoms with Crippen LogP contribution in [-0.4, -0.2) is 40.7 Å². The molecule has 1 aromatic rings. The predicted molar refractivity (Wildman–Crippen MR) is 57.9 cm³/mol. The molecule has 0 aliphatic carbocycles. The minimum atomic E-state index is -0.251. The van der Waals surface area contributed by atoms with Gasteiger partial charge in [-0.05, 0) is 14.0 Å². The molecule has 1 heterocycles. The van der Waals surface area contributed by atoms with E-state index in [1.807, 2.05) is 0 Å². The van der Waals surface area contributed by atoms with Crippen molar-refractivity contribution >= 4 is 29.1 Å². The highest BCUT2D eigenvalue weighted by molar-refractivity contribution is 7.10. The monoisotopic (exact) mass is 249 g/mol. The molecule has 0 unspecified atom stereocenters. The number of ether oxygens (including phenoxy) is 1. The summed E-state index contributed by atoms with van der Waals surface area (Å²) in [4.78, 5) is 12.9. The molecule has 0 radical (unpaired) electrons. The van der Waals surface area contributed by atoms with Crippen LogP contribution in [0, 0.1) is 0 Å². The van der Waals surface area contributed by atoms with Crippen LogP contribution in [-0.2, 0) is 16.1 Å². The number of hydrogen-bond acceptors (Lipinski definition) is 6. The quantitative estimate of drug-likeness (QED) is 0.734. The van der Waals surface area contributed by atoms with E-state index in [1.165, 1.54) is 0 Å². The van der Waals surface area contributed by atoms with Crippen LogP contribution in [0.15, 0.2) is 0 Å². The summed E-state index contributed by atoms with van der Waals surface area (Å²) >= 11 is 6.97. The van der Waals surface area contributed by atoms with Crippen molar-refractivity contribution in [1.82, 2.24) is 14.5 Å². The van der Waals surface area contributed by atoms with Gasteiger partial charge in [-0.3, -0.25) is 9.69 Å². The first kappa shape index (κ1) is 12.4. The lowest BCUT2D eigenvalue weighted by Gasteiger charge is -2.13. The van der Waals surface area contributed by atoms with Gasteiger partial charge >= 0.3 is 5.97 Å².